The number of halogens is 2. The fourth-order valence-corrected chi connectivity index (χ4v) is 2.74. The van der Waals surface area contributed by atoms with Crippen LogP contribution in [-0.2, 0) is 13.0 Å². The Hall–Kier alpha value is -1.09. The lowest BCUT2D eigenvalue weighted by molar-refractivity contribution is 0.570. The second kappa shape index (κ2) is 12.3. The van der Waals surface area contributed by atoms with Crippen molar-refractivity contribution in [3.05, 3.63) is 52.8 Å². The summed E-state index contributed by atoms with van der Waals surface area (Å²) in [5.41, 5.74) is 1.35. The van der Waals surface area contributed by atoms with Crippen molar-refractivity contribution in [3.8, 4) is 0 Å². The Morgan fingerprint density at radius 2 is 2.00 bits per heavy atom. The van der Waals surface area contributed by atoms with Crippen molar-refractivity contribution < 1.29 is 0 Å². The molecule has 1 aromatic heterocycles. The number of hydrogen-bond acceptors (Lipinski definition) is 2. The molecule has 0 fully saturated rings. The summed E-state index contributed by atoms with van der Waals surface area (Å²) in [5, 5.41) is 10.9. The molecule has 2 N–H and O–H groups in total. The molecule has 0 saturated carbocycles. The van der Waals surface area contributed by atoms with Crippen molar-refractivity contribution in [2.24, 2.45) is 4.99 Å². The molecule has 1 heterocycles. The number of aryl methyl sites for hydroxylation is 2. The lowest BCUT2D eigenvalue weighted by Gasteiger charge is -2.12. The summed E-state index contributed by atoms with van der Waals surface area (Å²) in [7, 11) is 1.80. The first-order chi connectivity index (χ1) is 11.3. The molecule has 24 heavy (non-hydrogen) atoms. The highest BCUT2D eigenvalue weighted by molar-refractivity contribution is 14.0. The van der Waals surface area contributed by atoms with Crippen LogP contribution in [0.1, 0.15) is 18.4 Å². The van der Waals surface area contributed by atoms with Crippen LogP contribution < -0.4 is 10.6 Å². The zero-order valence-corrected chi connectivity index (χ0v) is 17.8. The Bertz CT molecular complexity index is 601. The predicted molar refractivity (Wildman–Crippen MR) is 114 cm³/mol. The average molecular weight is 506 g/mol. The number of aliphatic imine (C=N–C) groups is 1. The molecule has 2 rings (SSSR count). The third kappa shape index (κ3) is 8.14. The third-order valence-corrected chi connectivity index (χ3v) is 3.96. The Labute approximate surface area is 169 Å². The van der Waals surface area contributed by atoms with Crippen molar-refractivity contribution in [1.29, 1.82) is 0 Å². The highest BCUT2D eigenvalue weighted by Gasteiger charge is 1.98. The van der Waals surface area contributed by atoms with E-state index in [1.165, 1.54) is 5.56 Å². The summed E-state index contributed by atoms with van der Waals surface area (Å²) in [6.07, 6.45) is 6.93. The van der Waals surface area contributed by atoms with Crippen LogP contribution in [0.5, 0.6) is 0 Å². The second-order valence-corrected chi connectivity index (χ2v) is 6.20. The molecular formula is C17H25BrIN5. The van der Waals surface area contributed by atoms with Gasteiger partial charge in [0, 0.05) is 43.5 Å². The lowest BCUT2D eigenvalue weighted by Crippen LogP contribution is -2.38. The Morgan fingerprint density at radius 3 is 2.67 bits per heavy atom. The minimum atomic E-state index is 0. The molecule has 0 aliphatic rings. The fourth-order valence-electron chi connectivity index (χ4n) is 2.29. The van der Waals surface area contributed by atoms with Crippen LogP contribution in [0.25, 0.3) is 0 Å². The van der Waals surface area contributed by atoms with E-state index >= 15 is 0 Å². The zero-order chi connectivity index (χ0) is 16.3. The maximum absolute atomic E-state index is 4.25. The molecular weight excluding hydrogens is 481 g/mol. The molecule has 0 spiro atoms. The number of nitrogens with zero attached hydrogens (tertiary/aromatic N) is 3. The van der Waals surface area contributed by atoms with Gasteiger partial charge >= 0.3 is 0 Å². The number of rotatable bonds is 8. The van der Waals surface area contributed by atoms with Gasteiger partial charge in [-0.05, 0) is 43.0 Å². The summed E-state index contributed by atoms with van der Waals surface area (Å²) < 4.78 is 3.08. The van der Waals surface area contributed by atoms with Gasteiger partial charge in [-0.1, -0.05) is 28.1 Å². The average Bonchev–Trinajstić information content (AvgIpc) is 3.07. The first-order valence-electron chi connectivity index (χ1n) is 7.94. The summed E-state index contributed by atoms with van der Waals surface area (Å²) in [5.74, 6) is 0.861. The van der Waals surface area contributed by atoms with Crippen LogP contribution >= 0.6 is 39.9 Å². The molecule has 0 aliphatic heterocycles. The normalized spacial score (nSPS) is 11.0. The number of benzene rings is 1. The van der Waals surface area contributed by atoms with E-state index in [0.717, 1.165) is 49.3 Å². The van der Waals surface area contributed by atoms with Gasteiger partial charge in [0.05, 0.1) is 0 Å². The molecule has 132 valence electrons. The minimum Gasteiger partial charge on any atom is -0.356 e. The molecule has 0 radical (unpaired) electrons. The lowest BCUT2D eigenvalue weighted by atomic mass is 10.1. The van der Waals surface area contributed by atoms with Crippen LogP contribution in [0, 0.1) is 0 Å². The quantitative estimate of drug-likeness (QED) is 0.250. The molecule has 0 amide bonds. The maximum atomic E-state index is 4.25. The summed E-state index contributed by atoms with van der Waals surface area (Å²) >= 11 is 3.50. The van der Waals surface area contributed by atoms with Crippen molar-refractivity contribution in [2.45, 2.75) is 25.8 Å². The van der Waals surface area contributed by atoms with Crippen molar-refractivity contribution in [2.75, 3.05) is 20.1 Å². The first-order valence-corrected chi connectivity index (χ1v) is 8.73. The molecule has 2 aromatic rings. The van der Waals surface area contributed by atoms with Gasteiger partial charge in [0.1, 0.15) is 0 Å². The Morgan fingerprint density at radius 1 is 1.21 bits per heavy atom. The van der Waals surface area contributed by atoms with E-state index in [1.54, 1.807) is 13.2 Å². The summed E-state index contributed by atoms with van der Waals surface area (Å²) in [6.45, 7) is 2.70. The first kappa shape index (κ1) is 21.0. The Balaban J connectivity index is 0.00000288. The monoisotopic (exact) mass is 505 g/mol. The second-order valence-electron chi connectivity index (χ2n) is 5.28. The number of aromatic nitrogens is 2. The molecule has 0 aliphatic carbocycles. The van der Waals surface area contributed by atoms with Gasteiger partial charge in [-0.3, -0.25) is 9.67 Å². The smallest absolute Gasteiger partial charge is 0.190 e. The van der Waals surface area contributed by atoms with Crippen LogP contribution in [0.15, 0.2) is 52.2 Å². The molecule has 1 aromatic carbocycles. The largest absolute Gasteiger partial charge is 0.356 e. The van der Waals surface area contributed by atoms with Gasteiger partial charge in [-0.15, -0.1) is 24.0 Å². The topological polar surface area (TPSA) is 54.2 Å². The number of hydrogen-bond donors (Lipinski definition) is 2. The van der Waals surface area contributed by atoms with Crippen molar-refractivity contribution in [3.63, 3.8) is 0 Å². The molecule has 0 saturated heterocycles. The van der Waals surface area contributed by atoms with E-state index in [0.29, 0.717) is 0 Å². The van der Waals surface area contributed by atoms with Gasteiger partial charge in [-0.2, -0.15) is 5.10 Å². The van der Waals surface area contributed by atoms with E-state index in [4.69, 9.17) is 0 Å². The number of nitrogens with one attached hydrogen (secondary N) is 2. The highest BCUT2D eigenvalue weighted by Crippen LogP contribution is 2.12. The standard InChI is InChI=1S/C17H24BrN5.HI/c1-19-17(21-10-4-12-23-13-5-11-22-23)20-9-3-7-15-6-2-8-16(18)14-15;/h2,5-6,8,11,13-14H,3-4,7,9-10,12H2,1H3,(H2,19,20,21);1H. The van der Waals surface area contributed by atoms with Crippen LogP contribution in [-0.4, -0.2) is 35.9 Å². The van der Waals surface area contributed by atoms with Gasteiger partial charge in [0.25, 0.3) is 0 Å². The Kier molecular flexibility index (Phi) is 10.7. The minimum absolute atomic E-state index is 0. The molecule has 0 unspecified atom stereocenters. The highest BCUT2D eigenvalue weighted by atomic mass is 127. The SMILES string of the molecule is CN=C(NCCCc1cccc(Br)c1)NCCCn1cccn1.I. The molecule has 7 heteroatoms. The van der Waals surface area contributed by atoms with E-state index < -0.39 is 0 Å². The summed E-state index contributed by atoms with van der Waals surface area (Å²) in [4.78, 5) is 4.25. The van der Waals surface area contributed by atoms with E-state index in [-0.39, 0.29) is 24.0 Å². The van der Waals surface area contributed by atoms with Gasteiger partial charge in [0.2, 0.25) is 0 Å². The summed E-state index contributed by atoms with van der Waals surface area (Å²) in [6, 6.07) is 10.4. The van der Waals surface area contributed by atoms with E-state index in [2.05, 4.69) is 60.9 Å². The maximum Gasteiger partial charge on any atom is 0.190 e. The molecule has 0 atom stereocenters. The van der Waals surface area contributed by atoms with Crippen LogP contribution in [0.4, 0.5) is 0 Å². The fraction of sp³-hybridized carbons (Fsp3) is 0.412. The number of guanidine groups is 1. The third-order valence-electron chi connectivity index (χ3n) is 3.46. The zero-order valence-electron chi connectivity index (χ0n) is 13.9. The van der Waals surface area contributed by atoms with E-state index in [9.17, 15) is 0 Å². The predicted octanol–water partition coefficient (Wildman–Crippen LogP) is 3.45. The van der Waals surface area contributed by atoms with Crippen molar-refractivity contribution >= 4 is 45.9 Å². The van der Waals surface area contributed by atoms with E-state index in [1.807, 2.05) is 16.9 Å². The molecule has 5 nitrogen and oxygen atoms in total. The van der Waals surface area contributed by atoms with Gasteiger partial charge < -0.3 is 10.6 Å². The molecule has 0 bridgehead atoms. The van der Waals surface area contributed by atoms with Gasteiger partial charge in [-0.25, -0.2) is 0 Å². The van der Waals surface area contributed by atoms with Crippen LogP contribution in [0.2, 0.25) is 0 Å². The van der Waals surface area contributed by atoms with Crippen LogP contribution in [0.3, 0.4) is 0 Å². The van der Waals surface area contributed by atoms with Crippen molar-refractivity contribution in [1.82, 2.24) is 20.4 Å². The van der Waals surface area contributed by atoms with Gasteiger partial charge in [0.15, 0.2) is 5.96 Å².